The van der Waals surface area contributed by atoms with E-state index in [-0.39, 0.29) is 0 Å². The van der Waals surface area contributed by atoms with Crippen molar-refractivity contribution in [2.24, 2.45) is 0 Å². The van der Waals surface area contributed by atoms with E-state index in [1.165, 1.54) is 0 Å². The van der Waals surface area contributed by atoms with E-state index < -0.39 is 11.7 Å². The van der Waals surface area contributed by atoms with Crippen molar-refractivity contribution < 1.29 is 9.53 Å². The van der Waals surface area contributed by atoms with Crippen LogP contribution >= 0.6 is 0 Å². The third kappa shape index (κ3) is 4.25. The molecule has 0 fully saturated rings. The third-order valence-corrected chi connectivity index (χ3v) is 2.96. The fourth-order valence-electron chi connectivity index (χ4n) is 2.04. The van der Waals surface area contributed by atoms with Gasteiger partial charge in [-0.3, -0.25) is 4.98 Å². The number of carbonyl (C=O) groups excluding carboxylic acids is 1. The van der Waals surface area contributed by atoms with Crippen LogP contribution in [0, 0.1) is 0 Å². The lowest BCUT2D eigenvalue weighted by atomic mass is 10.1. The number of nitrogens with one attached hydrogen (secondary N) is 2. The molecule has 1 heterocycles. The number of hydrogen-bond donors (Lipinski definition) is 3. The number of benzene rings is 1. The summed E-state index contributed by atoms with van der Waals surface area (Å²) in [4.78, 5) is 15.7. The van der Waals surface area contributed by atoms with Gasteiger partial charge in [-0.1, -0.05) is 0 Å². The monoisotopic (exact) mass is 302 g/mol. The highest BCUT2D eigenvalue weighted by molar-refractivity contribution is 6.00. The largest absolute Gasteiger partial charge is 0.444 e. The number of amides is 1. The second-order valence-electron chi connectivity index (χ2n) is 5.98. The molecule has 0 unspecified atom stereocenters. The quantitative estimate of drug-likeness (QED) is 0.597. The molecule has 1 amide bonds. The molecule has 0 aliphatic rings. The predicted molar refractivity (Wildman–Crippen MR) is 88.9 cm³/mol. The first kappa shape index (κ1) is 15.9. The van der Waals surface area contributed by atoms with Crippen molar-refractivity contribution in [1.29, 1.82) is 0 Å². The third-order valence-electron chi connectivity index (χ3n) is 2.96. The molecule has 0 bridgehead atoms. The lowest BCUT2D eigenvalue weighted by molar-refractivity contribution is 0.0530. The van der Waals surface area contributed by atoms with Crippen molar-refractivity contribution in [1.82, 2.24) is 10.3 Å². The highest BCUT2D eigenvalue weighted by Crippen LogP contribution is 2.27. The molecule has 0 spiro atoms. The van der Waals surface area contributed by atoms with Crippen LogP contribution in [0.15, 0.2) is 30.6 Å². The van der Waals surface area contributed by atoms with Crippen molar-refractivity contribution in [3.8, 4) is 0 Å². The Hall–Kier alpha value is -2.50. The molecule has 118 valence electrons. The molecule has 1 aromatic heterocycles. The van der Waals surface area contributed by atoms with Gasteiger partial charge in [-0.25, -0.2) is 4.79 Å². The van der Waals surface area contributed by atoms with Gasteiger partial charge < -0.3 is 21.1 Å². The van der Waals surface area contributed by atoms with Crippen molar-refractivity contribution in [3.63, 3.8) is 0 Å². The second kappa shape index (κ2) is 6.51. The first-order valence-electron chi connectivity index (χ1n) is 7.20. The molecule has 0 aliphatic carbocycles. The van der Waals surface area contributed by atoms with Crippen LogP contribution < -0.4 is 16.4 Å². The van der Waals surface area contributed by atoms with Gasteiger partial charge in [0.2, 0.25) is 0 Å². The lowest BCUT2D eigenvalue weighted by Crippen LogP contribution is -2.35. The Morgan fingerprint density at radius 1 is 1.23 bits per heavy atom. The molecule has 0 atom stereocenters. The number of rotatable bonds is 4. The molecule has 0 saturated carbocycles. The molecule has 0 aliphatic heterocycles. The minimum absolute atomic E-state index is 0.418. The van der Waals surface area contributed by atoms with Crippen LogP contribution in [-0.4, -0.2) is 29.8 Å². The number of nitrogens with two attached hydrogens (primary N) is 1. The summed E-state index contributed by atoms with van der Waals surface area (Å²) in [6, 6.07) is 5.65. The normalized spacial score (nSPS) is 11.2. The minimum atomic E-state index is -0.490. The SMILES string of the molecule is CC(C)(C)OC(=O)NCCNc1ccc(N)c2ccncc12. The van der Waals surface area contributed by atoms with E-state index in [4.69, 9.17) is 10.5 Å². The van der Waals surface area contributed by atoms with Gasteiger partial charge >= 0.3 is 6.09 Å². The van der Waals surface area contributed by atoms with E-state index in [1.54, 1.807) is 12.4 Å². The van der Waals surface area contributed by atoms with Crippen molar-refractivity contribution in [2.75, 3.05) is 24.1 Å². The number of ether oxygens (including phenoxy) is 1. The molecule has 2 aromatic rings. The summed E-state index contributed by atoms with van der Waals surface area (Å²) >= 11 is 0. The summed E-state index contributed by atoms with van der Waals surface area (Å²) in [7, 11) is 0. The van der Waals surface area contributed by atoms with Crippen molar-refractivity contribution in [3.05, 3.63) is 30.6 Å². The smallest absolute Gasteiger partial charge is 0.407 e. The topological polar surface area (TPSA) is 89.3 Å². The Bertz CT molecular complexity index is 665. The zero-order valence-corrected chi connectivity index (χ0v) is 13.1. The summed E-state index contributed by atoms with van der Waals surface area (Å²) in [6.07, 6.45) is 3.07. The number of nitrogen functional groups attached to an aromatic ring is 1. The minimum Gasteiger partial charge on any atom is -0.444 e. The zero-order chi connectivity index (χ0) is 16.2. The maximum Gasteiger partial charge on any atom is 0.407 e. The zero-order valence-electron chi connectivity index (χ0n) is 13.1. The van der Waals surface area contributed by atoms with Crippen LogP contribution in [0.25, 0.3) is 10.8 Å². The van der Waals surface area contributed by atoms with Gasteiger partial charge in [0.05, 0.1) is 0 Å². The number of carbonyl (C=O) groups is 1. The van der Waals surface area contributed by atoms with Crippen LogP contribution in [0.1, 0.15) is 20.8 Å². The molecule has 0 radical (unpaired) electrons. The number of alkyl carbamates (subject to hydrolysis) is 1. The van der Waals surface area contributed by atoms with E-state index in [1.807, 2.05) is 39.0 Å². The molecule has 0 saturated heterocycles. The van der Waals surface area contributed by atoms with Gasteiger partial charge in [-0.2, -0.15) is 0 Å². The molecular formula is C16H22N4O2. The Morgan fingerprint density at radius 2 is 2.00 bits per heavy atom. The van der Waals surface area contributed by atoms with E-state index in [0.717, 1.165) is 22.1 Å². The van der Waals surface area contributed by atoms with Crippen molar-refractivity contribution in [2.45, 2.75) is 26.4 Å². The number of aromatic nitrogens is 1. The highest BCUT2D eigenvalue weighted by atomic mass is 16.6. The number of anilines is 2. The molecule has 2 rings (SSSR count). The van der Waals surface area contributed by atoms with E-state index in [0.29, 0.717) is 13.1 Å². The van der Waals surface area contributed by atoms with E-state index >= 15 is 0 Å². The van der Waals surface area contributed by atoms with Crippen LogP contribution in [0.2, 0.25) is 0 Å². The summed E-state index contributed by atoms with van der Waals surface area (Å²) < 4.78 is 5.17. The van der Waals surface area contributed by atoms with Gasteiger partial charge in [0.15, 0.2) is 0 Å². The van der Waals surface area contributed by atoms with Gasteiger partial charge in [-0.05, 0) is 39.0 Å². The van der Waals surface area contributed by atoms with Gasteiger partial charge in [-0.15, -0.1) is 0 Å². The fourth-order valence-corrected chi connectivity index (χ4v) is 2.04. The Morgan fingerprint density at radius 3 is 2.73 bits per heavy atom. The number of nitrogens with zero attached hydrogens (tertiary/aromatic N) is 1. The summed E-state index contributed by atoms with van der Waals surface area (Å²) in [6.45, 7) is 6.53. The van der Waals surface area contributed by atoms with E-state index in [2.05, 4.69) is 15.6 Å². The first-order chi connectivity index (χ1) is 10.4. The van der Waals surface area contributed by atoms with Crippen molar-refractivity contribution >= 4 is 28.2 Å². The van der Waals surface area contributed by atoms with Gasteiger partial charge in [0.25, 0.3) is 0 Å². The number of hydrogen-bond acceptors (Lipinski definition) is 5. The number of fused-ring (bicyclic) bond motifs is 1. The average molecular weight is 302 g/mol. The lowest BCUT2D eigenvalue weighted by Gasteiger charge is -2.19. The molecule has 4 N–H and O–H groups in total. The van der Waals surface area contributed by atoms with Gasteiger partial charge in [0.1, 0.15) is 5.60 Å². The summed E-state index contributed by atoms with van der Waals surface area (Å²) in [5, 5.41) is 7.89. The maximum absolute atomic E-state index is 11.5. The molecule has 22 heavy (non-hydrogen) atoms. The first-order valence-corrected chi connectivity index (χ1v) is 7.20. The standard InChI is InChI=1S/C16H22N4O2/c1-16(2,3)22-15(21)20-9-8-19-14-5-4-13(17)11-6-7-18-10-12(11)14/h4-7,10,19H,8-9,17H2,1-3H3,(H,20,21). The Balaban J connectivity index is 1.91. The van der Waals surface area contributed by atoms with Crippen LogP contribution in [0.3, 0.4) is 0 Å². The number of pyridine rings is 1. The average Bonchev–Trinajstić information content (AvgIpc) is 2.44. The Labute approximate surface area is 130 Å². The summed E-state index contributed by atoms with van der Waals surface area (Å²) in [5.74, 6) is 0. The fraction of sp³-hybridized carbons (Fsp3) is 0.375. The summed E-state index contributed by atoms with van der Waals surface area (Å²) in [5.41, 5.74) is 7.11. The molecular weight excluding hydrogens is 280 g/mol. The van der Waals surface area contributed by atoms with Crippen LogP contribution in [-0.2, 0) is 4.74 Å². The highest BCUT2D eigenvalue weighted by Gasteiger charge is 2.15. The molecule has 6 heteroatoms. The van der Waals surface area contributed by atoms with Crippen LogP contribution in [0.5, 0.6) is 0 Å². The predicted octanol–water partition coefficient (Wildman–Crippen LogP) is 2.75. The van der Waals surface area contributed by atoms with Crippen LogP contribution in [0.4, 0.5) is 16.2 Å². The van der Waals surface area contributed by atoms with Gasteiger partial charge in [0, 0.05) is 47.6 Å². The van der Waals surface area contributed by atoms with E-state index in [9.17, 15) is 4.79 Å². The maximum atomic E-state index is 11.5. The second-order valence-corrected chi connectivity index (χ2v) is 5.98. The molecule has 6 nitrogen and oxygen atoms in total. The Kier molecular flexibility index (Phi) is 4.70. The molecule has 1 aromatic carbocycles.